The molecule has 0 spiro atoms. The Morgan fingerprint density at radius 1 is 1.00 bits per heavy atom. The summed E-state index contributed by atoms with van der Waals surface area (Å²) in [6, 6.07) is 13.7. The van der Waals surface area contributed by atoms with E-state index >= 15 is 0 Å². The molecule has 178 valence electrons. The highest BCUT2D eigenvalue weighted by molar-refractivity contribution is 6.04. The minimum absolute atomic E-state index is 0.00396. The molecule has 2 aliphatic rings. The summed E-state index contributed by atoms with van der Waals surface area (Å²) < 4.78 is 19.6. The average molecular weight is 464 g/mol. The fourth-order valence-corrected chi connectivity index (χ4v) is 4.93. The van der Waals surface area contributed by atoms with Crippen molar-refractivity contribution >= 4 is 17.6 Å². The Balaban J connectivity index is 1.13. The van der Waals surface area contributed by atoms with Crippen molar-refractivity contribution in [3.63, 3.8) is 0 Å². The number of anilines is 2. The summed E-state index contributed by atoms with van der Waals surface area (Å²) in [7, 11) is 0. The van der Waals surface area contributed by atoms with Crippen molar-refractivity contribution in [2.75, 3.05) is 30.3 Å². The second-order valence-corrected chi connectivity index (χ2v) is 9.29. The van der Waals surface area contributed by atoms with Gasteiger partial charge in [-0.2, -0.15) is 0 Å². The maximum atomic E-state index is 13.8. The number of amides is 1. The topological polar surface area (TPSA) is 83.3 Å². The number of aromatic nitrogens is 2. The first-order valence-corrected chi connectivity index (χ1v) is 12.1. The molecule has 0 bridgehead atoms. The van der Waals surface area contributed by atoms with Crippen molar-refractivity contribution in [1.82, 2.24) is 15.1 Å². The number of benzene rings is 2. The summed E-state index contributed by atoms with van der Waals surface area (Å²) in [5.41, 5.74) is 1.31. The molecule has 3 aromatic rings. The van der Waals surface area contributed by atoms with E-state index in [4.69, 9.17) is 4.42 Å². The molecule has 1 saturated carbocycles. The molecule has 5 rings (SSSR count). The summed E-state index contributed by atoms with van der Waals surface area (Å²) in [6.07, 6.45) is 7.40. The zero-order chi connectivity index (χ0) is 23.3. The van der Waals surface area contributed by atoms with Crippen molar-refractivity contribution in [3.8, 4) is 11.5 Å². The Morgan fingerprint density at radius 3 is 2.47 bits per heavy atom. The van der Waals surface area contributed by atoms with E-state index in [0.29, 0.717) is 23.6 Å². The fourth-order valence-electron chi connectivity index (χ4n) is 4.93. The quantitative estimate of drug-likeness (QED) is 0.501. The molecular weight excluding hydrogens is 433 g/mol. The van der Waals surface area contributed by atoms with Crippen molar-refractivity contribution in [3.05, 3.63) is 59.9 Å². The highest BCUT2D eigenvalue weighted by Crippen LogP contribution is 2.29. The summed E-state index contributed by atoms with van der Waals surface area (Å²) in [4.78, 5) is 14.9. The van der Waals surface area contributed by atoms with E-state index in [-0.39, 0.29) is 5.56 Å². The van der Waals surface area contributed by atoms with Crippen LogP contribution >= 0.6 is 0 Å². The maximum absolute atomic E-state index is 13.8. The van der Waals surface area contributed by atoms with E-state index in [0.717, 1.165) is 24.3 Å². The third-order valence-corrected chi connectivity index (χ3v) is 6.82. The second kappa shape index (κ2) is 10.3. The molecule has 2 heterocycles. The minimum Gasteiger partial charge on any atom is -0.403 e. The lowest BCUT2D eigenvalue weighted by Crippen LogP contribution is -2.32. The van der Waals surface area contributed by atoms with Crippen LogP contribution in [0.15, 0.2) is 52.9 Å². The van der Waals surface area contributed by atoms with Gasteiger partial charge in [0.15, 0.2) is 0 Å². The molecule has 1 saturated heterocycles. The number of nitrogens with one attached hydrogen (secondary N) is 2. The normalized spacial score (nSPS) is 20.9. The number of likely N-dealkylation sites (tertiary alicyclic amines) is 1. The van der Waals surface area contributed by atoms with Gasteiger partial charge in [-0.15, -0.1) is 5.10 Å². The Hall–Kier alpha value is -3.26. The van der Waals surface area contributed by atoms with Crippen LogP contribution in [0.4, 0.5) is 16.1 Å². The lowest BCUT2D eigenvalue weighted by atomic mass is 9.86. The Labute approximate surface area is 198 Å². The van der Waals surface area contributed by atoms with E-state index in [2.05, 4.69) is 25.7 Å². The first-order valence-electron chi connectivity index (χ1n) is 12.1. The Bertz CT molecular complexity index is 1100. The van der Waals surface area contributed by atoms with E-state index in [1.807, 2.05) is 0 Å². The van der Waals surface area contributed by atoms with E-state index in [1.165, 1.54) is 57.5 Å². The summed E-state index contributed by atoms with van der Waals surface area (Å²) in [5, 5.41) is 14.4. The van der Waals surface area contributed by atoms with Crippen molar-refractivity contribution in [1.29, 1.82) is 0 Å². The number of hydrogen-bond acceptors (Lipinski definition) is 6. The van der Waals surface area contributed by atoms with Crippen molar-refractivity contribution < 1.29 is 13.6 Å². The van der Waals surface area contributed by atoms with E-state index in [9.17, 15) is 9.18 Å². The van der Waals surface area contributed by atoms with Gasteiger partial charge >= 0.3 is 6.01 Å². The molecule has 2 fully saturated rings. The van der Waals surface area contributed by atoms with Gasteiger partial charge < -0.3 is 20.0 Å². The molecule has 0 atom stereocenters. The van der Waals surface area contributed by atoms with Gasteiger partial charge in [-0.05, 0) is 93.9 Å². The molecular formula is C26H30FN5O2. The Morgan fingerprint density at radius 2 is 1.74 bits per heavy atom. The van der Waals surface area contributed by atoms with Gasteiger partial charge in [0.05, 0.1) is 5.56 Å². The zero-order valence-electron chi connectivity index (χ0n) is 19.2. The van der Waals surface area contributed by atoms with Gasteiger partial charge in [-0.3, -0.25) is 4.79 Å². The minimum atomic E-state index is -0.553. The number of carbonyl (C=O) groups is 1. The van der Waals surface area contributed by atoms with E-state index < -0.39 is 11.7 Å². The molecule has 0 unspecified atom stereocenters. The summed E-state index contributed by atoms with van der Waals surface area (Å²) in [6.45, 7) is 3.78. The van der Waals surface area contributed by atoms with Gasteiger partial charge in [0.1, 0.15) is 5.82 Å². The zero-order valence-corrected chi connectivity index (χ0v) is 19.2. The van der Waals surface area contributed by atoms with Crippen LogP contribution in [0, 0.1) is 11.7 Å². The number of rotatable bonds is 7. The molecule has 2 aromatic carbocycles. The van der Waals surface area contributed by atoms with Gasteiger partial charge in [0.25, 0.3) is 5.91 Å². The van der Waals surface area contributed by atoms with Gasteiger partial charge in [0, 0.05) is 23.8 Å². The number of halogens is 1. The monoisotopic (exact) mass is 463 g/mol. The first kappa shape index (κ1) is 22.5. The lowest BCUT2D eigenvalue weighted by molar-refractivity contribution is 0.102. The molecule has 8 heteroatoms. The summed E-state index contributed by atoms with van der Waals surface area (Å²) >= 11 is 0. The molecule has 7 nitrogen and oxygen atoms in total. The molecule has 2 N–H and O–H groups in total. The molecule has 1 aliphatic carbocycles. The fraction of sp³-hybridized carbons (Fsp3) is 0.423. The highest BCUT2D eigenvalue weighted by atomic mass is 19.1. The van der Waals surface area contributed by atoms with Crippen LogP contribution in [0.2, 0.25) is 0 Å². The first-order chi connectivity index (χ1) is 16.6. The van der Waals surface area contributed by atoms with Crippen LogP contribution in [-0.4, -0.2) is 46.7 Å². The average Bonchev–Trinajstić information content (AvgIpc) is 3.53. The number of nitrogens with zero attached hydrogens (tertiary/aromatic N) is 3. The smallest absolute Gasteiger partial charge is 0.315 e. The van der Waals surface area contributed by atoms with Gasteiger partial charge in [0.2, 0.25) is 5.89 Å². The summed E-state index contributed by atoms with van der Waals surface area (Å²) in [5.74, 6) is 0.164. The van der Waals surface area contributed by atoms with Crippen LogP contribution in [0.5, 0.6) is 0 Å². The van der Waals surface area contributed by atoms with Crippen molar-refractivity contribution in [2.45, 2.75) is 44.6 Å². The predicted molar refractivity (Wildman–Crippen MR) is 129 cm³/mol. The Kier molecular flexibility index (Phi) is 6.85. The SMILES string of the molecule is O=C(Nc1ccc(-c2nnc(NC3CCC(CN4CCCC4)CC3)o2)cc1)c1ccccc1F. The number of hydrogen-bond donors (Lipinski definition) is 2. The maximum Gasteiger partial charge on any atom is 0.315 e. The molecule has 1 amide bonds. The van der Waals surface area contributed by atoms with Crippen LogP contribution in [0.25, 0.3) is 11.5 Å². The number of carbonyl (C=O) groups excluding carboxylic acids is 1. The molecule has 34 heavy (non-hydrogen) atoms. The largest absolute Gasteiger partial charge is 0.403 e. The highest BCUT2D eigenvalue weighted by Gasteiger charge is 2.25. The molecule has 0 radical (unpaired) electrons. The third kappa shape index (κ3) is 5.44. The van der Waals surface area contributed by atoms with Gasteiger partial charge in [-0.25, -0.2) is 4.39 Å². The molecule has 1 aliphatic heterocycles. The van der Waals surface area contributed by atoms with Crippen LogP contribution in [0.3, 0.4) is 0 Å². The predicted octanol–water partition coefficient (Wildman–Crippen LogP) is 5.19. The third-order valence-electron chi connectivity index (χ3n) is 6.82. The second-order valence-electron chi connectivity index (χ2n) is 9.29. The van der Waals surface area contributed by atoms with E-state index in [1.54, 1.807) is 36.4 Å². The lowest BCUT2D eigenvalue weighted by Gasteiger charge is -2.31. The van der Waals surface area contributed by atoms with Crippen molar-refractivity contribution in [2.24, 2.45) is 5.92 Å². The van der Waals surface area contributed by atoms with Gasteiger partial charge in [-0.1, -0.05) is 17.2 Å². The van der Waals surface area contributed by atoms with Crippen LogP contribution in [0.1, 0.15) is 48.9 Å². The van der Waals surface area contributed by atoms with Crippen LogP contribution in [-0.2, 0) is 0 Å². The molecule has 1 aromatic heterocycles. The standard InChI is InChI=1S/C26H30FN5O2/c27-23-6-2-1-5-22(23)24(33)28-20-13-9-19(10-14-20)25-30-31-26(34-25)29-21-11-7-18(8-12-21)17-32-15-3-4-16-32/h1-2,5-6,9-10,13-14,18,21H,3-4,7-8,11-12,15-17H2,(H,28,33)(H,29,31). The van der Waals surface area contributed by atoms with Crippen LogP contribution < -0.4 is 10.6 Å².